The number of hydrogen-bond acceptors (Lipinski definition) is 4. The first-order chi connectivity index (χ1) is 10.2. The molecule has 2 aromatic rings. The molecule has 1 aliphatic heterocycles. The summed E-state index contributed by atoms with van der Waals surface area (Å²) in [6, 6.07) is 9.56. The van der Waals surface area contributed by atoms with Crippen molar-refractivity contribution in [2.75, 3.05) is 6.54 Å². The normalized spacial score (nSPS) is 18.5. The fraction of sp³-hybridized carbons (Fsp3) is 0.400. The number of halogens is 1. The van der Waals surface area contributed by atoms with Crippen molar-refractivity contribution in [1.82, 2.24) is 25.6 Å². The van der Waals surface area contributed by atoms with Crippen LogP contribution in [0.5, 0.6) is 0 Å². The summed E-state index contributed by atoms with van der Waals surface area (Å²) >= 11 is 0. The van der Waals surface area contributed by atoms with Crippen LogP contribution in [-0.2, 0) is 4.79 Å². The molecule has 3 rings (SSSR count). The average molecular weight is 322 g/mol. The third-order valence-corrected chi connectivity index (χ3v) is 3.71. The van der Waals surface area contributed by atoms with Crippen LogP contribution in [-0.4, -0.2) is 33.5 Å². The number of nitrogens with zero attached hydrogens (tertiary/aromatic N) is 3. The van der Waals surface area contributed by atoms with Gasteiger partial charge in [-0.05, 0) is 38.4 Å². The maximum absolute atomic E-state index is 12.1. The fourth-order valence-electron chi connectivity index (χ4n) is 2.48. The van der Waals surface area contributed by atoms with Crippen LogP contribution in [0.25, 0.3) is 5.69 Å². The number of carbonyl (C=O) groups excluding carboxylic acids is 1. The van der Waals surface area contributed by atoms with Gasteiger partial charge in [0.1, 0.15) is 5.69 Å². The van der Waals surface area contributed by atoms with Crippen molar-refractivity contribution in [3.05, 3.63) is 42.2 Å². The summed E-state index contributed by atoms with van der Waals surface area (Å²) in [4.78, 5) is 12.1. The summed E-state index contributed by atoms with van der Waals surface area (Å²) in [5.74, 6) is 0.0364. The Morgan fingerprint density at radius 2 is 2.18 bits per heavy atom. The van der Waals surface area contributed by atoms with E-state index in [1.165, 1.54) is 0 Å². The number of amides is 1. The van der Waals surface area contributed by atoms with E-state index in [0.29, 0.717) is 0 Å². The molecule has 1 amide bonds. The average Bonchev–Trinajstić information content (AvgIpc) is 3.20. The lowest BCUT2D eigenvalue weighted by Crippen LogP contribution is -2.41. The van der Waals surface area contributed by atoms with Crippen LogP contribution in [0.3, 0.4) is 0 Å². The van der Waals surface area contributed by atoms with Gasteiger partial charge in [-0.15, -0.1) is 17.5 Å². The predicted octanol–water partition coefficient (Wildman–Crippen LogP) is 1.62. The number of carbonyl (C=O) groups is 1. The SMILES string of the molecule is CC(NC(=O)C1CCCN1)c1cn(-c2ccccc2)nn1.Cl. The van der Waals surface area contributed by atoms with E-state index in [-0.39, 0.29) is 30.4 Å². The van der Waals surface area contributed by atoms with Crippen LogP contribution in [0.2, 0.25) is 0 Å². The molecule has 2 N–H and O–H groups in total. The Labute approximate surface area is 135 Å². The third kappa shape index (κ3) is 3.64. The summed E-state index contributed by atoms with van der Waals surface area (Å²) in [5.41, 5.74) is 1.71. The third-order valence-electron chi connectivity index (χ3n) is 3.71. The molecule has 1 fully saturated rings. The summed E-state index contributed by atoms with van der Waals surface area (Å²) in [6.07, 6.45) is 3.80. The zero-order valence-electron chi connectivity index (χ0n) is 12.4. The molecule has 118 valence electrons. The first-order valence-corrected chi connectivity index (χ1v) is 7.25. The van der Waals surface area contributed by atoms with E-state index in [1.54, 1.807) is 4.68 Å². The van der Waals surface area contributed by atoms with Crippen LogP contribution in [0.1, 0.15) is 31.5 Å². The van der Waals surface area contributed by atoms with Gasteiger partial charge in [0.15, 0.2) is 0 Å². The van der Waals surface area contributed by atoms with Gasteiger partial charge in [-0.1, -0.05) is 23.4 Å². The van der Waals surface area contributed by atoms with Gasteiger partial charge in [-0.25, -0.2) is 4.68 Å². The maximum Gasteiger partial charge on any atom is 0.237 e. The zero-order chi connectivity index (χ0) is 14.7. The second-order valence-electron chi connectivity index (χ2n) is 5.30. The van der Waals surface area contributed by atoms with E-state index in [4.69, 9.17) is 0 Å². The molecule has 0 spiro atoms. The second-order valence-corrected chi connectivity index (χ2v) is 5.30. The minimum absolute atomic E-state index is 0. The highest BCUT2D eigenvalue weighted by molar-refractivity contribution is 5.85. The highest BCUT2D eigenvalue weighted by Gasteiger charge is 2.24. The van der Waals surface area contributed by atoms with Gasteiger partial charge in [0.25, 0.3) is 0 Å². The molecule has 7 heteroatoms. The molecule has 0 aliphatic carbocycles. The molecule has 0 saturated carbocycles. The van der Waals surface area contributed by atoms with Gasteiger partial charge >= 0.3 is 0 Å². The van der Waals surface area contributed by atoms with Crippen LogP contribution >= 0.6 is 12.4 Å². The molecule has 0 bridgehead atoms. The van der Waals surface area contributed by atoms with E-state index in [2.05, 4.69) is 20.9 Å². The molecule has 1 aliphatic rings. The Morgan fingerprint density at radius 3 is 2.86 bits per heavy atom. The van der Waals surface area contributed by atoms with Crippen molar-refractivity contribution in [2.45, 2.75) is 31.8 Å². The van der Waals surface area contributed by atoms with Gasteiger partial charge in [0.2, 0.25) is 5.91 Å². The largest absolute Gasteiger partial charge is 0.347 e. The Bertz CT molecular complexity index is 609. The number of nitrogens with one attached hydrogen (secondary N) is 2. The molecular formula is C15H20ClN5O. The van der Waals surface area contributed by atoms with Crippen molar-refractivity contribution in [3.63, 3.8) is 0 Å². The first kappa shape index (κ1) is 16.5. The first-order valence-electron chi connectivity index (χ1n) is 7.25. The molecule has 1 saturated heterocycles. The molecule has 0 radical (unpaired) electrons. The van der Waals surface area contributed by atoms with Gasteiger partial charge in [0, 0.05) is 0 Å². The Morgan fingerprint density at radius 1 is 1.41 bits per heavy atom. The smallest absolute Gasteiger partial charge is 0.237 e. The quantitative estimate of drug-likeness (QED) is 0.897. The molecule has 1 aromatic carbocycles. The lowest BCUT2D eigenvalue weighted by Gasteiger charge is -2.15. The minimum atomic E-state index is -0.155. The lowest BCUT2D eigenvalue weighted by atomic mass is 10.2. The van der Waals surface area contributed by atoms with E-state index in [9.17, 15) is 4.79 Å². The molecule has 2 atom stereocenters. The standard InChI is InChI=1S/C15H19N5O.ClH/c1-11(17-15(21)13-8-5-9-16-13)14-10-20(19-18-14)12-6-3-2-4-7-12;/h2-4,6-7,10-11,13,16H,5,8-9H2,1H3,(H,17,21);1H. The van der Waals surface area contributed by atoms with Crippen molar-refractivity contribution < 1.29 is 4.79 Å². The predicted molar refractivity (Wildman–Crippen MR) is 86.2 cm³/mol. The van der Waals surface area contributed by atoms with Crippen molar-refractivity contribution in [1.29, 1.82) is 0 Å². The monoisotopic (exact) mass is 321 g/mol. The Kier molecular flexibility index (Phi) is 5.51. The topological polar surface area (TPSA) is 71.8 Å². The molecule has 2 unspecified atom stereocenters. The van der Waals surface area contributed by atoms with Crippen molar-refractivity contribution in [3.8, 4) is 5.69 Å². The van der Waals surface area contributed by atoms with Gasteiger partial charge in [-0.2, -0.15) is 0 Å². The second kappa shape index (κ2) is 7.38. The van der Waals surface area contributed by atoms with E-state index in [0.717, 1.165) is 30.8 Å². The van der Waals surface area contributed by atoms with Crippen molar-refractivity contribution >= 4 is 18.3 Å². The molecule has 6 nitrogen and oxygen atoms in total. The molecular weight excluding hydrogens is 302 g/mol. The number of para-hydroxylation sites is 1. The summed E-state index contributed by atoms with van der Waals surface area (Å²) in [7, 11) is 0. The Hall–Kier alpha value is -1.92. The highest BCUT2D eigenvalue weighted by atomic mass is 35.5. The van der Waals surface area contributed by atoms with Crippen molar-refractivity contribution in [2.24, 2.45) is 0 Å². The van der Waals surface area contributed by atoms with E-state index >= 15 is 0 Å². The van der Waals surface area contributed by atoms with Crippen LogP contribution in [0, 0.1) is 0 Å². The number of aromatic nitrogens is 3. The molecule has 1 aromatic heterocycles. The number of hydrogen-bond donors (Lipinski definition) is 2. The van der Waals surface area contributed by atoms with Crippen LogP contribution in [0.4, 0.5) is 0 Å². The van der Waals surface area contributed by atoms with E-state index in [1.807, 2.05) is 43.5 Å². The maximum atomic E-state index is 12.1. The van der Waals surface area contributed by atoms with Crippen LogP contribution in [0.15, 0.2) is 36.5 Å². The summed E-state index contributed by atoms with van der Waals surface area (Å²) in [6.45, 7) is 2.84. The van der Waals surface area contributed by atoms with Gasteiger partial charge in [0.05, 0.1) is 24.0 Å². The summed E-state index contributed by atoms with van der Waals surface area (Å²) in [5, 5.41) is 14.4. The van der Waals surface area contributed by atoms with E-state index < -0.39 is 0 Å². The van der Waals surface area contributed by atoms with Gasteiger partial charge < -0.3 is 10.6 Å². The zero-order valence-corrected chi connectivity index (χ0v) is 13.2. The minimum Gasteiger partial charge on any atom is -0.347 e. The number of rotatable bonds is 4. The van der Waals surface area contributed by atoms with Gasteiger partial charge in [-0.3, -0.25) is 4.79 Å². The summed E-state index contributed by atoms with van der Waals surface area (Å²) < 4.78 is 1.71. The fourth-order valence-corrected chi connectivity index (χ4v) is 2.48. The highest BCUT2D eigenvalue weighted by Crippen LogP contribution is 2.13. The Balaban J connectivity index is 0.00000176. The lowest BCUT2D eigenvalue weighted by molar-refractivity contribution is -0.123. The molecule has 2 heterocycles. The molecule has 22 heavy (non-hydrogen) atoms. The number of benzene rings is 1. The van der Waals surface area contributed by atoms with Crippen LogP contribution < -0.4 is 10.6 Å².